The molecule has 9 nitrogen and oxygen atoms in total. The second-order valence-corrected chi connectivity index (χ2v) is 10.6. The molecule has 42 heavy (non-hydrogen) atoms. The summed E-state index contributed by atoms with van der Waals surface area (Å²) in [5.41, 5.74) is 0.0448. The molecule has 0 spiro atoms. The number of amides is 1. The first-order valence-corrected chi connectivity index (χ1v) is 12.8. The highest BCUT2D eigenvalue weighted by Crippen LogP contribution is 2.43. The van der Waals surface area contributed by atoms with Gasteiger partial charge < -0.3 is 18.8 Å². The molecular formula is C29H24F4N4O5. The Kier molecular flexibility index (Phi) is 6.96. The molecular weight excluding hydrogens is 560 g/mol. The standard InChI is InChI=1S/C29H24F4N4O5/c1-5-36(18-6-7-20-21(11-18)42-29(32,33)41-20)23(38)14-37-27(39)19-12-22(26(30)31)40-25(19)24(35-37)16-8-15(13-34)9-17(10-16)28(2,3)4/h6-12,26H,5,14H2,1-4H3. The van der Waals surface area contributed by atoms with E-state index >= 15 is 0 Å². The summed E-state index contributed by atoms with van der Waals surface area (Å²) < 4.78 is 69.3. The number of fused-ring (bicyclic) bond motifs is 2. The van der Waals surface area contributed by atoms with Crippen LogP contribution in [-0.2, 0) is 16.8 Å². The number of benzene rings is 2. The zero-order valence-electron chi connectivity index (χ0n) is 22.9. The van der Waals surface area contributed by atoms with Crippen molar-refractivity contribution in [1.29, 1.82) is 5.26 Å². The molecule has 0 radical (unpaired) electrons. The van der Waals surface area contributed by atoms with Crippen LogP contribution in [0, 0.1) is 11.3 Å². The maximum atomic E-state index is 13.6. The molecule has 0 bridgehead atoms. The number of nitrogens with zero attached hydrogens (tertiary/aromatic N) is 4. The number of rotatable bonds is 6. The van der Waals surface area contributed by atoms with Crippen molar-refractivity contribution in [2.45, 2.75) is 52.4 Å². The van der Waals surface area contributed by atoms with Crippen molar-refractivity contribution in [3.63, 3.8) is 0 Å². The summed E-state index contributed by atoms with van der Waals surface area (Å²) in [6.07, 6.45) is -6.87. The third-order valence-corrected chi connectivity index (χ3v) is 6.67. The van der Waals surface area contributed by atoms with Crippen molar-refractivity contribution in [2.75, 3.05) is 11.4 Å². The summed E-state index contributed by atoms with van der Waals surface area (Å²) in [6.45, 7) is 6.86. The second kappa shape index (κ2) is 10.2. The van der Waals surface area contributed by atoms with Gasteiger partial charge in [0.05, 0.1) is 17.0 Å². The van der Waals surface area contributed by atoms with E-state index in [4.69, 9.17) is 4.42 Å². The topological polar surface area (TPSA) is 111 Å². The fraction of sp³-hybridized carbons (Fsp3) is 0.310. The Morgan fingerprint density at radius 2 is 1.83 bits per heavy atom. The van der Waals surface area contributed by atoms with Gasteiger partial charge in [-0.2, -0.15) is 10.4 Å². The molecule has 0 N–H and O–H groups in total. The average molecular weight is 585 g/mol. The zero-order valence-corrected chi connectivity index (χ0v) is 22.9. The van der Waals surface area contributed by atoms with Gasteiger partial charge in [-0.1, -0.05) is 20.8 Å². The Balaban J connectivity index is 1.61. The number of hydrogen-bond acceptors (Lipinski definition) is 7. The Bertz CT molecular complexity index is 1820. The minimum Gasteiger partial charge on any atom is -0.452 e. The summed E-state index contributed by atoms with van der Waals surface area (Å²) in [5.74, 6) is -1.88. The maximum Gasteiger partial charge on any atom is 0.586 e. The summed E-state index contributed by atoms with van der Waals surface area (Å²) in [4.78, 5) is 28.0. The van der Waals surface area contributed by atoms with Crippen LogP contribution in [0.4, 0.5) is 23.2 Å². The lowest BCUT2D eigenvalue weighted by molar-refractivity contribution is -0.286. The first-order chi connectivity index (χ1) is 19.7. The number of halogens is 4. The van der Waals surface area contributed by atoms with Crippen LogP contribution in [0.15, 0.2) is 51.7 Å². The van der Waals surface area contributed by atoms with E-state index in [0.717, 1.165) is 16.3 Å². The van der Waals surface area contributed by atoms with Crippen LogP contribution in [0.25, 0.3) is 22.2 Å². The quantitative estimate of drug-likeness (QED) is 0.251. The molecule has 0 unspecified atom stereocenters. The molecule has 218 valence electrons. The molecule has 0 fully saturated rings. The highest BCUT2D eigenvalue weighted by atomic mass is 19.3. The molecule has 2 aromatic carbocycles. The molecule has 5 rings (SSSR count). The molecule has 2 aromatic heterocycles. The highest BCUT2D eigenvalue weighted by molar-refractivity contribution is 5.94. The molecule has 3 heterocycles. The van der Waals surface area contributed by atoms with Crippen LogP contribution >= 0.6 is 0 Å². The molecule has 1 amide bonds. The number of furan rings is 1. The van der Waals surface area contributed by atoms with Crippen LogP contribution in [0.1, 0.15) is 51.0 Å². The number of likely N-dealkylation sites (N-methyl/N-ethyl adjacent to an activating group) is 1. The molecule has 0 saturated carbocycles. The fourth-order valence-corrected chi connectivity index (χ4v) is 4.58. The Labute approximate surface area is 236 Å². The van der Waals surface area contributed by atoms with Gasteiger partial charge in [0.25, 0.3) is 12.0 Å². The van der Waals surface area contributed by atoms with E-state index in [1.54, 1.807) is 19.1 Å². The largest absolute Gasteiger partial charge is 0.586 e. The van der Waals surface area contributed by atoms with Gasteiger partial charge in [0.1, 0.15) is 12.2 Å². The van der Waals surface area contributed by atoms with Gasteiger partial charge in [-0.05, 0) is 54.3 Å². The van der Waals surface area contributed by atoms with Gasteiger partial charge in [-0.25, -0.2) is 13.5 Å². The third kappa shape index (κ3) is 5.27. The van der Waals surface area contributed by atoms with Crippen molar-refractivity contribution < 1.29 is 36.2 Å². The smallest absolute Gasteiger partial charge is 0.452 e. The van der Waals surface area contributed by atoms with E-state index in [2.05, 4.69) is 20.6 Å². The third-order valence-electron chi connectivity index (χ3n) is 6.67. The minimum atomic E-state index is -3.84. The van der Waals surface area contributed by atoms with Gasteiger partial charge in [0, 0.05) is 23.9 Å². The Morgan fingerprint density at radius 3 is 2.48 bits per heavy atom. The number of ether oxygens (including phenoxy) is 2. The van der Waals surface area contributed by atoms with Gasteiger partial charge in [-0.15, -0.1) is 8.78 Å². The van der Waals surface area contributed by atoms with E-state index in [-0.39, 0.29) is 46.0 Å². The van der Waals surface area contributed by atoms with Gasteiger partial charge >= 0.3 is 6.29 Å². The van der Waals surface area contributed by atoms with Crippen LogP contribution in [0.5, 0.6) is 11.5 Å². The SMILES string of the molecule is CCN(C(=O)Cn1nc(-c2cc(C#N)cc(C(C)(C)C)c2)c2oc(C(F)F)cc2c1=O)c1ccc2c(c1)OC(F)(F)O2. The van der Waals surface area contributed by atoms with Crippen LogP contribution in [0.2, 0.25) is 0 Å². The molecule has 4 aromatic rings. The molecule has 1 aliphatic rings. The lowest BCUT2D eigenvalue weighted by Crippen LogP contribution is -2.37. The highest BCUT2D eigenvalue weighted by Gasteiger charge is 2.43. The Morgan fingerprint density at radius 1 is 1.12 bits per heavy atom. The number of hydrogen-bond donors (Lipinski definition) is 0. The number of carbonyl (C=O) groups excluding carboxylic acids is 1. The normalized spacial score (nSPS) is 13.9. The van der Waals surface area contributed by atoms with E-state index < -0.39 is 41.9 Å². The van der Waals surface area contributed by atoms with Crippen molar-refractivity contribution >= 4 is 22.6 Å². The van der Waals surface area contributed by atoms with Crippen LogP contribution < -0.4 is 19.9 Å². The minimum absolute atomic E-state index is 0.0136. The van der Waals surface area contributed by atoms with Crippen molar-refractivity contribution in [3.8, 4) is 28.8 Å². The number of anilines is 1. The lowest BCUT2D eigenvalue weighted by Gasteiger charge is -2.22. The summed E-state index contributed by atoms with van der Waals surface area (Å²) in [5, 5.41) is 13.7. The second-order valence-electron chi connectivity index (χ2n) is 10.6. The van der Waals surface area contributed by atoms with E-state index in [1.807, 2.05) is 20.8 Å². The van der Waals surface area contributed by atoms with E-state index in [0.29, 0.717) is 5.56 Å². The molecule has 0 saturated heterocycles. The van der Waals surface area contributed by atoms with Gasteiger partial charge in [0.15, 0.2) is 22.8 Å². The molecule has 0 aliphatic carbocycles. The predicted molar refractivity (Wildman–Crippen MR) is 143 cm³/mol. The first kappa shape index (κ1) is 28.7. The zero-order chi connectivity index (χ0) is 30.6. The van der Waals surface area contributed by atoms with Crippen molar-refractivity contribution in [1.82, 2.24) is 9.78 Å². The van der Waals surface area contributed by atoms with Crippen molar-refractivity contribution in [2.24, 2.45) is 0 Å². The number of carbonyl (C=O) groups is 1. The first-order valence-electron chi connectivity index (χ1n) is 12.8. The molecule has 1 aliphatic heterocycles. The number of nitriles is 1. The number of alkyl halides is 4. The molecule has 13 heteroatoms. The molecule has 0 atom stereocenters. The average Bonchev–Trinajstić information content (AvgIpc) is 3.50. The van der Waals surface area contributed by atoms with E-state index in [9.17, 15) is 32.4 Å². The van der Waals surface area contributed by atoms with Crippen LogP contribution in [-0.4, -0.2) is 28.5 Å². The Hall–Kier alpha value is -4.86. The maximum absolute atomic E-state index is 13.6. The summed E-state index contributed by atoms with van der Waals surface area (Å²) in [6, 6.07) is 11.7. The monoisotopic (exact) mass is 584 g/mol. The van der Waals surface area contributed by atoms with E-state index in [1.165, 1.54) is 29.2 Å². The fourth-order valence-electron chi connectivity index (χ4n) is 4.58. The summed E-state index contributed by atoms with van der Waals surface area (Å²) >= 11 is 0. The van der Waals surface area contributed by atoms with Crippen LogP contribution in [0.3, 0.4) is 0 Å². The number of aromatic nitrogens is 2. The van der Waals surface area contributed by atoms with Gasteiger partial charge in [0.2, 0.25) is 5.91 Å². The van der Waals surface area contributed by atoms with Gasteiger partial charge in [-0.3, -0.25) is 9.59 Å². The predicted octanol–water partition coefficient (Wildman–Crippen LogP) is 6.14. The lowest BCUT2D eigenvalue weighted by atomic mass is 9.84. The van der Waals surface area contributed by atoms with Crippen molar-refractivity contribution in [3.05, 3.63) is 69.7 Å². The summed E-state index contributed by atoms with van der Waals surface area (Å²) in [7, 11) is 0.